The number of carboxylic acids is 2. The zero-order chi connectivity index (χ0) is 10.9. The van der Waals surface area contributed by atoms with Crippen LogP contribution < -0.4 is 0 Å². The van der Waals surface area contributed by atoms with Crippen LogP contribution in [-0.4, -0.2) is 34.5 Å². The summed E-state index contributed by atoms with van der Waals surface area (Å²) in [6, 6.07) is 0. The van der Waals surface area contributed by atoms with Gasteiger partial charge in [0.15, 0.2) is 0 Å². The molecular formula is C3H5BF2O7. The zero-order valence-electron chi connectivity index (χ0n) is 6.02. The van der Waals surface area contributed by atoms with E-state index in [2.05, 4.69) is 9.72 Å². The first-order valence-corrected chi connectivity index (χ1v) is 2.60. The first kappa shape index (κ1) is 14.3. The molecule has 0 aromatic rings. The van der Waals surface area contributed by atoms with Crippen molar-refractivity contribution in [1.82, 2.24) is 0 Å². The first-order valence-electron chi connectivity index (χ1n) is 2.60. The van der Waals surface area contributed by atoms with E-state index in [-0.39, 0.29) is 0 Å². The minimum atomic E-state index is -2.40. The van der Waals surface area contributed by atoms with E-state index >= 15 is 0 Å². The second kappa shape index (κ2) is 8.84. The number of halogens is 2. The van der Waals surface area contributed by atoms with Crippen molar-refractivity contribution in [3.8, 4) is 0 Å². The van der Waals surface area contributed by atoms with Crippen molar-refractivity contribution in [2.75, 3.05) is 0 Å². The average Bonchev–Trinajstić information content (AvgIpc) is 2.01. The number of hydrogen-bond donors (Lipinski definition) is 3. The summed E-state index contributed by atoms with van der Waals surface area (Å²) in [5.41, 5.74) is 0. The zero-order valence-corrected chi connectivity index (χ0v) is 6.02. The van der Waals surface area contributed by atoms with Crippen molar-refractivity contribution in [3.63, 3.8) is 0 Å². The highest BCUT2D eigenvalue weighted by molar-refractivity contribution is 6.33. The van der Waals surface area contributed by atoms with Crippen molar-refractivity contribution in [1.29, 1.82) is 0 Å². The molecule has 0 saturated carbocycles. The van der Waals surface area contributed by atoms with E-state index < -0.39 is 25.7 Å². The largest absolute Gasteiger partial charge is 0.702 e. The van der Waals surface area contributed by atoms with Gasteiger partial charge in [0, 0.05) is 0 Å². The summed E-state index contributed by atoms with van der Waals surface area (Å²) < 4.78 is 20.5. The van der Waals surface area contributed by atoms with Crippen molar-refractivity contribution in [3.05, 3.63) is 0 Å². The van der Waals surface area contributed by atoms with E-state index in [0.717, 1.165) is 0 Å². The Morgan fingerprint density at radius 1 is 1.15 bits per heavy atom. The summed E-state index contributed by atoms with van der Waals surface area (Å²) in [6.07, 6.45) is -0.806. The molecule has 0 spiro atoms. The highest BCUT2D eigenvalue weighted by Crippen LogP contribution is 1.82. The fourth-order valence-corrected chi connectivity index (χ4v) is 0.143. The SMILES string of the molecule is O=C(O)CC(=O)O.OB(OF)OF. The molecule has 76 valence electrons. The molecule has 7 nitrogen and oxygen atoms in total. The van der Waals surface area contributed by atoms with Crippen LogP contribution in [0.3, 0.4) is 0 Å². The molecule has 0 aromatic heterocycles. The lowest BCUT2D eigenvalue weighted by molar-refractivity contribution is -0.147. The Balaban J connectivity index is 0. The van der Waals surface area contributed by atoms with Gasteiger partial charge in [-0.3, -0.25) is 9.59 Å². The minimum absolute atomic E-state index is 0.806. The number of carboxylic acid groups (broad SMARTS) is 2. The van der Waals surface area contributed by atoms with E-state index in [1.807, 2.05) is 0 Å². The Labute approximate surface area is 70.5 Å². The van der Waals surface area contributed by atoms with Crippen LogP contribution in [-0.2, 0) is 19.3 Å². The normalized spacial score (nSPS) is 8.23. The maximum atomic E-state index is 10.3. The molecule has 0 aromatic carbocycles. The fraction of sp³-hybridized carbons (Fsp3) is 0.333. The van der Waals surface area contributed by atoms with Gasteiger partial charge in [-0.15, -0.1) is 0 Å². The quantitative estimate of drug-likeness (QED) is 0.408. The van der Waals surface area contributed by atoms with Gasteiger partial charge in [0.25, 0.3) is 0 Å². The minimum Gasteiger partial charge on any atom is -0.481 e. The van der Waals surface area contributed by atoms with Crippen LogP contribution in [0.15, 0.2) is 0 Å². The smallest absolute Gasteiger partial charge is 0.481 e. The Hall–Kier alpha value is -1.26. The van der Waals surface area contributed by atoms with Crippen molar-refractivity contribution >= 4 is 19.3 Å². The summed E-state index contributed by atoms with van der Waals surface area (Å²) in [6.45, 7) is 0. The summed E-state index contributed by atoms with van der Waals surface area (Å²) in [5.74, 6) is -2.62. The lowest BCUT2D eigenvalue weighted by Gasteiger charge is -1.83. The number of aliphatic carboxylic acids is 2. The molecule has 0 rings (SSSR count). The predicted molar refractivity (Wildman–Crippen MR) is 32.2 cm³/mol. The monoisotopic (exact) mass is 202 g/mol. The number of rotatable bonds is 4. The van der Waals surface area contributed by atoms with Gasteiger partial charge in [0.1, 0.15) is 6.42 Å². The Morgan fingerprint density at radius 2 is 1.46 bits per heavy atom. The second-order valence-electron chi connectivity index (χ2n) is 1.45. The molecule has 13 heavy (non-hydrogen) atoms. The molecule has 0 unspecified atom stereocenters. The van der Waals surface area contributed by atoms with Gasteiger partial charge < -0.3 is 15.2 Å². The molecule has 0 saturated heterocycles. The summed E-state index contributed by atoms with van der Waals surface area (Å²) >= 11 is 0. The molecule has 0 bridgehead atoms. The van der Waals surface area contributed by atoms with Crippen molar-refractivity contribution in [2.24, 2.45) is 0 Å². The van der Waals surface area contributed by atoms with E-state index in [0.29, 0.717) is 0 Å². The van der Waals surface area contributed by atoms with Gasteiger partial charge in [0.2, 0.25) is 0 Å². The topological polar surface area (TPSA) is 113 Å². The van der Waals surface area contributed by atoms with E-state index in [9.17, 15) is 18.6 Å². The third-order valence-electron chi connectivity index (χ3n) is 0.455. The maximum Gasteiger partial charge on any atom is 0.702 e. The maximum absolute atomic E-state index is 10.3. The van der Waals surface area contributed by atoms with Crippen LogP contribution >= 0.6 is 0 Å². The molecule has 0 radical (unpaired) electrons. The van der Waals surface area contributed by atoms with Crippen LogP contribution in [0.5, 0.6) is 0 Å². The van der Waals surface area contributed by atoms with Crippen molar-refractivity contribution in [2.45, 2.75) is 6.42 Å². The van der Waals surface area contributed by atoms with Crippen LogP contribution in [0.25, 0.3) is 0 Å². The average molecular weight is 202 g/mol. The highest BCUT2D eigenvalue weighted by Gasteiger charge is 2.16. The Morgan fingerprint density at radius 3 is 1.46 bits per heavy atom. The van der Waals surface area contributed by atoms with E-state index in [4.69, 9.17) is 15.2 Å². The van der Waals surface area contributed by atoms with Gasteiger partial charge in [0.05, 0.1) is 0 Å². The Kier molecular flexibility index (Phi) is 9.71. The molecule has 0 aliphatic rings. The highest BCUT2D eigenvalue weighted by atomic mass is 19.3. The van der Waals surface area contributed by atoms with Gasteiger partial charge >= 0.3 is 19.3 Å². The van der Waals surface area contributed by atoms with Crippen LogP contribution in [0.4, 0.5) is 9.05 Å². The molecule has 0 fully saturated rings. The van der Waals surface area contributed by atoms with Crippen LogP contribution in [0.1, 0.15) is 6.42 Å². The Bertz CT molecular complexity index is 148. The van der Waals surface area contributed by atoms with Gasteiger partial charge in [-0.05, 0) is 0 Å². The lowest BCUT2D eigenvalue weighted by Crippen LogP contribution is -2.13. The summed E-state index contributed by atoms with van der Waals surface area (Å²) in [5, 5.41) is 22.9. The molecule has 3 N–H and O–H groups in total. The lowest BCUT2D eigenvalue weighted by atomic mass is 10.3. The number of carbonyl (C=O) groups is 2. The van der Waals surface area contributed by atoms with Crippen LogP contribution in [0, 0.1) is 0 Å². The standard InChI is InChI=1S/C3H4O4.BF2HO3/c4-2(5)1-3(6)7;2-5-1(4)6-3/h1H2,(H,4,5)(H,6,7);4H. The van der Waals surface area contributed by atoms with Crippen LogP contribution in [0.2, 0.25) is 0 Å². The van der Waals surface area contributed by atoms with Gasteiger partial charge in [-0.2, -0.15) is 9.72 Å². The van der Waals surface area contributed by atoms with E-state index in [1.165, 1.54) is 0 Å². The van der Waals surface area contributed by atoms with Crippen molar-refractivity contribution < 1.29 is 43.6 Å². The number of hydrogen-bond acceptors (Lipinski definition) is 5. The molecule has 10 heteroatoms. The van der Waals surface area contributed by atoms with E-state index in [1.54, 1.807) is 0 Å². The molecule has 0 heterocycles. The molecule has 0 amide bonds. The summed E-state index contributed by atoms with van der Waals surface area (Å²) in [4.78, 5) is 23.6. The molecular weight excluding hydrogens is 197 g/mol. The summed E-state index contributed by atoms with van der Waals surface area (Å²) in [7, 11) is -2.40. The van der Waals surface area contributed by atoms with Gasteiger partial charge in [-0.25, -0.2) is 0 Å². The predicted octanol–water partition coefficient (Wildman–Crippen LogP) is -0.688. The molecule has 0 aliphatic carbocycles. The molecule has 0 aliphatic heterocycles. The third-order valence-corrected chi connectivity index (χ3v) is 0.455. The third kappa shape index (κ3) is 18.1. The van der Waals surface area contributed by atoms with Gasteiger partial charge in [-0.1, -0.05) is 9.05 Å². The first-order chi connectivity index (χ1) is 5.93. The second-order valence-corrected chi connectivity index (χ2v) is 1.45. The fourth-order valence-electron chi connectivity index (χ4n) is 0.143. The molecule has 0 atom stereocenters.